The Bertz CT molecular complexity index is 1190. The van der Waals surface area contributed by atoms with Crippen LogP contribution in [0, 0.1) is 6.92 Å². The first-order valence-electron chi connectivity index (χ1n) is 10.1. The van der Waals surface area contributed by atoms with Crippen LogP contribution in [-0.2, 0) is 21.4 Å². The number of anilines is 1. The fourth-order valence-corrected chi connectivity index (χ4v) is 4.18. The third-order valence-corrected chi connectivity index (χ3v) is 6.16. The largest absolute Gasteiger partial charge is 0.496 e. The molecule has 3 aromatic carbocycles. The molecule has 9 heteroatoms. The monoisotopic (exact) mass is 470 g/mol. The zero-order valence-corrected chi connectivity index (χ0v) is 19.4. The summed E-state index contributed by atoms with van der Waals surface area (Å²) in [5.41, 5.74) is 2.14. The maximum atomic E-state index is 12.6. The Hall–Kier alpha value is -3.72. The molecule has 0 spiro atoms. The van der Waals surface area contributed by atoms with Crippen molar-refractivity contribution in [3.63, 3.8) is 0 Å². The van der Waals surface area contributed by atoms with Crippen molar-refractivity contribution in [2.75, 3.05) is 25.5 Å². The Morgan fingerprint density at radius 1 is 0.909 bits per heavy atom. The minimum Gasteiger partial charge on any atom is -0.496 e. The zero-order chi connectivity index (χ0) is 23.8. The van der Waals surface area contributed by atoms with Crippen LogP contribution in [0.15, 0.2) is 71.6 Å². The molecule has 0 radical (unpaired) electrons. The number of rotatable bonds is 10. The molecule has 3 rings (SSSR count). The van der Waals surface area contributed by atoms with Crippen LogP contribution in [0.1, 0.15) is 11.1 Å². The fraction of sp³-hybridized carbons (Fsp3) is 0.208. The van der Waals surface area contributed by atoms with Gasteiger partial charge in [0.05, 0.1) is 31.2 Å². The summed E-state index contributed by atoms with van der Waals surface area (Å²) in [6, 6.07) is 18.3. The number of benzene rings is 3. The van der Waals surface area contributed by atoms with Crippen molar-refractivity contribution in [2.45, 2.75) is 18.4 Å². The quantitative estimate of drug-likeness (QED) is 0.470. The molecule has 0 fully saturated rings. The van der Waals surface area contributed by atoms with Gasteiger partial charge in [-0.2, -0.15) is 0 Å². The molecule has 0 heterocycles. The molecule has 0 saturated carbocycles. The molecule has 33 heavy (non-hydrogen) atoms. The normalized spacial score (nSPS) is 10.9. The Balaban J connectivity index is 1.56. The summed E-state index contributed by atoms with van der Waals surface area (Å²) < 4.78 is 43.8. The molecule has 0 aromatic heterocycles. The van der Waals surface area contributed by atoms with Gasteiger partial charge < -0.3 is 19.5 Å². The summed E-state index contributed by atoms with van der Waals surface area (Å²) in [6.45, 7) is 1.86. The van der Waals surface area contributed by atoms with Crippen LogP contribution in [0.2, 0.25) is 0 Å². The number of nitrogens with one attached hydrogen (secondary N) is 2. The van der Waals surface area contributed by atoms with Crippen LogP contribution in [0.3, 0.4) is 0 Å². The van der Waals surface area contributed by atoms with Crippen LogP contribution in [0.25, 0.3) is 0 Å². The molecule has 0 unspecified atom stereocenters. The smallest absolute Gasteiger partial charge is 0.261 e. The van der Waals surface area contributed by atoms with Gasteiger partial charge in [-0.1, -0.05) is 18.2 Å². The molecule has 0 aliphatic heterocycles. The van der Waals surface area contributed by atoms with Crippen LogP contribution in [0.5, 0.6) is 17.2 Å². The Kier molecular flexibility index (Phi) is 7.78. The molecule has 0 saturated heterocycles. The van der Waals surface area contributed by atoms with E-state index in [1.54, 1.807) is 50.6 Å². The van der Waals surface area contributed by atoms with Gasteiger partial charge in [-0.15, -0.1) is 0 Å². The van der Waals surface area contributed by atoms with Crippen molar-refractivity contribution in [1.82, 2.24) is 5.32 Å². The lowest BCUT2D eigenvalue weighted by molar-refractivity contribution is -0.123. The van der Waals surface area contributed by atoms with E-state index in [0.29, 0.717) is 28.5 Å². The second-order valence-electron chi connectivity index (χ2n) is 7.15. The van der Waals surface area contributed by atoms with E-state index in [9.17, 15) is 13.2 Å². The highest BCUT2D eigenvalue weighted by Gasteiger charge is 2.15. The van der Waals surface area contributed by atoms with E-state index in [0.717, 1.165) is 5.56 Å². The number of ether oxygens (including phenoxy) is 3. The Morgan fingerprint density at radius 3 is 2.15 bits per heavy atom. The van der Waals surface area contributed by atoms with Gasteiger partial charge in [0.1, 0.15) is 17.2 Å². The third kappa shape index (κ3) is 6.39. The Labute approximate surface area is 193 Å². The lowest BCUT2D eigenvalue weighted by Gasteiger charge is -2.14. The Morgan fingerprint density at radius 2 is 1.55 bits per heavy atom. The SMILES string of the molecule is COc1cccc(OC)c1CNC(=O)COc1ccc(S(=O)(=O)Nc2cccc(C)c2)cc1. The highest BCUT2D eigenvalue weighted by molar-refractivity contribution is 7.92. The molecule has 2 N–H and O–H groups in total. The highest BCUT2D eigenvalue weighted by atomic mass is 32.2. The second-order valence-corrected chi connectivity index (χ2v) is 8.84. The molecule has 8 nitrogen and oxygen atoms in total. The summed E-state index contributed by atoms with van der Waals surface area (Å²) in [4.78, 5) is 12.3. The van der Waals surface area contributed by atoms with E-state index in [4.69, 9.17) is 14.2 Å². The molecule has 0 bridgehead atoms. The van der Waals surface area contributed by atoms with Crippen LogP contribution >= 0.6 is 0 Å². The number of aryl methyl sites for hydroxylation is 1. The number of methoxy groups -OCH3 is 2. The summed E-state index contributed by atoms with van der Waals surface area (Å²) in [5.74, 6) is 1.23. The number of carbonyl (C=O) groups is 1. The minimum absolute atomic E-state index is 0.0871. The lowest BCUT2D eigenvalue weighted by Crippen LogP contribution is -2.28. The van der Waals surface area contributed by atoms with Crippen molar-refractivity contribution in [2.24, 2.45) is 0 Å². The zero-order valence-electron chi connectivity index (χ0n) is 18.6. The highest BCUT2D eigenvalue weighted by Crippen LogP contribution is 2.28. The third-order valence-electron chi connectivity index (χ3n) is 4.77. The molecular weight excluding hydrogens is 444 g/mol. The van der Waals surface area contributed by atoms with E-state index in [1.165, 1.54) is 24.3 Å². The van der Waals surface area contributed by atoms with E-state index in [2.05, 4.69) is 10.0 Å². The molecular formula is C24H26N2O6S. The average molecular weight is 471 g/mol. The van der Waals surface area contributed by atoms with Gasteiger partial charge in [0.15, 0.2) is 6.61 Å². The lowest BCUT2D eigenvalue weighted by atomic mass is 10.1. The standard InChI is InChI=1S/C24H26N2O6S/c1-17-6-4-7-18(14-17)26-33(28,29)20-12-10-19(11-13-20)32-16-24(27)25-15-21-22(30-2)8-5-9-23(21)31-3/h4-14,26H,15-16H2,1-3H3,(H,25,27). The van der Waals surface area contributed by atoms with E-state index >= 15 is 0 Å². The van der Waals surface area contributed by atoms with Crippen molar-refractivity contribution < 1.29 is 27.4 Å². The maximum absolute atomic E-state index is 12.6. The summed E-state index contributed by atoms with van der Waals surface area (Å²) in [7, 11) is -0.649. The minimum atomic E-state index is -3.74. The molecule has 0 aliphatic rings. The van der Waals surface area contributed by atoms with Gasteiger partial charge in [-0.3, -0.25) is 9.52 Å². The van der Waals surface area contributed by atoms with Crippen LogP contribution < -0.4 is 24.2 Å². The summed E-state index contributed by atoms with van der Waals surface area (Å²) in [5, 5.41) is 2.76. The van der Waals surface area contributed by atoms with Crippen LogP contribution in [0.4, 0.5) is 5.69 Å². The van der Waals surface area contributed by atoms with Crippen molar-refractivity contribution in [3.05, 3.63) is 77.9 Å². The van der Waals surface area contributed by atoms with E-state index in [1.807, 2.05) is 13.0 Å². The van der Waals surface area contributed by atoms with E-state index < -0.39 is 10.0 Å². The molecule has 1 amide bonds. The predicted molar refractivity (Wildman–Crippen MR) is 125 cm³/mol. The number of amides is 1. The van der Waals surface area contributed by atoms with E-state index in [-0.39, 0.29) is 24.0 Å². The van der Waals surface area contributed by atoms with Gasteiger partial charge in [-0.25, -0.2) is 8.42 Å². The summed E-state index contributed by atoms with van der Waals surface area (Å²) >= 11 is 0. The molecule has 3 aromatic rings. The first-order chi connectivity index (χ1) is 15.8. The second kappa shape index (κ2) is 10.7. The first-order valence-corrected chi connectivity index (χ1v) is 11.6. The van der Waals surface area contributed by atoms with Crippen molar-refractivity contribution in [1.29, 1.82) is 0 Å². The maximum Gasteiger partial charge on any atom is 0.261 e. The van der Waals surface area contributed by atoms with Gasteiger partial charge in [0.2, 0.25) is 0 Å². The van der Waals surface area contributed by atoms with Crippen molar-refractivity contribution in [3.8, 4) is 17.2 Å². The molecule has 0 atom stereocenters. The first kappa shape index (κ1) is 23.9. The predicted octanol–water partition coefficient (Wildman–Crippen LogP) is 3.51. The average Bonchev–Trinajstić information content (AvgIpc) is 2.81. The fourth-order valence-electron chi connectivity index (χ4n) is 3.13. The molecule has 0 aliphatic carbocycles. The van der Waals surface area contributed by atoms with Gasteiger partial charge >= 0.3 is 0 Å². The van der Waals surface area contributed by atoms with Gasteiger partial charge in [0, 0.05) is 5.69 Å². The number of hydrogen-bond acceptors (Lipinski definition) is 6. The number of carbonyl (C=O) groups excluding carboxylic acids is 1. The van der Waals surface area contributed by atoms with Gasteiger partial charge in [0.25, 0.3) is 15.9 Å². The molecule has 174 valence electrons. The summed E-state index contributed by atoms with van der Waals surface area (Å²) in [6.07, 6.45) is 0. The van der Waals surface area contributed by atoms with Crippen molar-refractivity contribution >= 4 is 21.6 Å². The number of hydrogen-bond donors (Lipinski definition) is 2. The number of sulfonamides is 1. The van der Waals surface area contributed by atoms with Gasteiger partial charge in [-0.05, 0) is 61.0 Å². The topological polar surface area (TPSA) is 103 Å². The van der Waals surface area contributed by atoms with Crippen LogP contribution in [-0.4, -0.2) is 35.2 Å².